The summed E-state index contributed by atoms with van der Waals surface area (Å²) in [7, 11) is 0. The lowest BCUT2D eigenvalue weighted by molar-refractivity contribution is 0.0930. The first kappa shape index (κ1) is 13.6. The van der Waals surface area contributed by atoms with Crippen LogP contribution in [0.4, 0.5) is 0 Å². The minimum Gasteiger partial charge on any atom is -0.389 e. The van der Waals surface area contributed by atoms with Crippen molar-refractivity contribution in [2.24, 2.45) is 11.7 Å². The van der Waals surface area contributed by atoms with Crippen molar-refractivity contribution in [2.75, 3.05) is 0 Å². The van der Waals surface area contributed by atoms with Crippen LogP contribution in [0.2, 0.25) is 0 Å². The first-order valence-corrected chi connectivity index (χ1v) is 6.03. The van der Waals surface area contributed by atoms with E-state index in [0.717, 1.165) is 0 Å². The third kappa shape index (κ3) is 3.82. The van der Waals surface area contributed by atoms with E-state index in [1.54, 1.807) is 24.3 Å². The first-order valence-electron chi connectivity index (χ1n) is 5.62. The fourth-order valence-electron chi connectivity index (χ4n) is 1.27. The Morgan fingerprint density at radius 3 is 2.41 bits per heavy atom. The van der Waals surface area contributed by atoms with Crippen molar-refractivity contribution in [3.05, 3.63) is 35.4 Å². The van der Waals surface area contributed by atoms with Crippen LogP contribution in [0.25, 0.3) is 0 Å². The van der Waals surface area contributed by atoms with E-state index in [0.29, 0.717) is 22.0 Å². The zero-order valence-corrected chi connectivity index (χ0v) is 11.2. The van der Waals surface area contributed by atoms with Crippen LogP contribution in [-0.2, 0) is 0 Å². The van der Waals surface area contributed by atoms with Gasteiger partial charge in [-0.3, -0.25) is 4.79 Å². The Bertz CT molecular complexity index is 429. The van der Waals surface area contributed by atoms with Crippen molar-refractivity contribution in [3.8, 4) is 0 Å². The Morgan fingerprint density at radius 1 is 1.29 bits per heavy atom. The van der Waals surface area contributed by atoms with Gasteiger partial charge in [-0.2, -0.15) is 0 Å². The van der Waals surface area contributed by atoms with Crippen molar-refractivity contribution < 1.29 is 4.79 Å². The number of hydrogen-bond donors (Lipinski definition) is 2. The minimum absolute atomic E-state index is 0.0932. The number of carbonyl (C=O) groups excluding carboxylic acids is 1. The lowest BCUT2D eigenvalue weighted by Gasteiger charge is -2.17. The summed E-state index contributed by atoms with van der Waals surface area (Å²) in [5, 5.41) is 2.94. The van der Waals surface area contributed by atoms with Gasteiger partial charge in [-0.15, -0.1) is 0 Å². The number of thiocarbonyl (C=S) groups is 1. The molecule has 17 heavy (non-hydrogen) atoms. The number of benzene rings is 1. The monoisotopic (exact) mass is 250 g/mol. The zero-order valence-electron chi connectivity index (χ0n) is 10.4. The molecule has 4 heteroatoms. The Kier molecular flexibility index (Phi) is 4.63. The van der Waals surface area contributed by atoms with Crippen LogP contribution in [0, 0.1) is 5.92 Å². The number of hydrogen-bond acceptors (Lipinski definition) is 2. The maximum absolute atomic E-state index is 11.9. The molecule has 1 aromatic rings. The van der Waals surface area contributed by atoms with Crippen molar-refractivity contribution in [3.63, 3.8) is 0 Å². The molecule has 92 valence electrons. The predicted octanol–water partition coefficient (Wildman–Crippen LogP) is 2.10. The van der Waals surface area contributed by atoms with Crippen molar-refractivity contribution in [1.82, 2.24) is 5.32 Å². The molecule has 3 N–H and O–H groups in total. The summed E-state index contributed by atoms with van der Waals surface area (Å²) in [4.78, 5) is 12.2. The van der Waals surface area contributed by atoms with E-state index in [9.17, 15) is 4.79 Å². The second kappa shape index (κ2) is 5.77. The molecule has 0 aliphatic rings. The molecule has 0 saturated carbocycles. The highest BCUT2D eigenvalue weighted by molar-refractivity contribution is 7.80. The summed E-state index contributed by atoms with van der Waals surface area (Å²) in [6.07, 6.45) is 0. The lowest BCUT2D eigenvalue weighted by Crippen LogP contribution is -2.36. The number of rotatable bonds is 4. The molecule has 1 atom stereocenters. The number of carbonyl (C=O) groups is 1. The molecule has 0 aliphatic heterocycles. The van der Waals surface area contributed by atoms with Gasteiger partial charge in [-0.1, -0.05) is 38.2 Å². The number of nitrogens with two attached hydrogens (primary N) is 1. The quantitative estimate of drug-likeness (QED) is 0.805. The Hall–Kier alpha value is -1.42. The molecule has 0 bridgehead atoms. The third-order valence-electron chi connectivity index (χ3n) is 2.77. The van der Waals surface area contributed by atoms with Gasteiger partial charge in [0.05, 0.1) is 0 Å². The number of nitrogens with one attached hydrogen (secondary N) is 1. The first-order chi connectivity index (χ1) is 7.91. The second-order valence-corrected chi connectivity index (χ2v) is 4.89. The van der Waals surface area contributed by atoms with E-state index in [-0.39, 0.29) is 11.9 Å². The van der Waals surface area contributed by atoms with Crippen molar-refractivity contribution in [2.45, 2.75) is 26.8 Å². The lowest BCUT2D eigenvalue weighted by atomic mass is 10.1. The summed E-state index contributed by atoms with van der Waals surface area (Å²) in [5.41, 5.74) is 6.83. The molecule has 0 aromatic heterocycles. The maximum Gasteiger partial charge on any atom is 0.251 e. The zero-order chi connectivity index (χ0) is 13.0. The van der Waals surface area contributed by atoms with Gasteiger partial charge in [0.25, 0.3) is 5.91 Å². The summed E-state index contributed by atoms with van der Waals surface area (Å²) >= 11 is 4.88. The van der Waals surface area contributed by atoms with E-state index in [2.05, 4.69) is 19.2 Å². The van der Waals surface area contributed by atoms with Gasteiger partial charge in [0.2, 0.25) is 0 Å². The fourth-order valence-corrected chi connectivity index (χ4v) is 1.40. The molecule has 0 aliphatic carbocycles. The van der Waals surface area contributed by atoms with E-state index >= 15 is 0 Å². The van der Waals surface area contributed by atoms with Gasteiger partial charge >= 0.3 is 0 Å². The Balaban J connectivity index is 2.82. The van der Waals surface area contributed by atoms with Crippen molar-refractivity contribution in [1.29, 1.82) is 0 Å². The van der Waals surface area contributed by atoms with Gasteiger partial charge in [0.15, 0.2) is 0 Å². The third-order valence-corrected chi connectivity index (χ3v) is 3.00. The normalized spacial score (nSPS) is 12.2. The average Bonchev–Trinajstić information content (AvgIpc) is 2.28. The molecule has 1 aromatic carbocycles. The predicted molar refractivity (Wildman–Crippen MR) is 74.1 cm³/mol. The van der Waals surface area contributed by atoms with E-state index < -0.39 is 0 Å². The SMILES string of the molecule is CC(C)C(C)NC(=O)c1cccc(C(N)=S)c1. The fraction of sp³-hybridized carbons (Fsp3) is 0.385. The van der Waals surface area contributed by atoms with Crippen LogP contribution in [0.15, 0.2) is 24.3 Å². The summed E-state index contributed by atoms with van der Waals surface area (Å²) in [6, 6.07) is 7.18. The van der Waals surface area contributed by atoms with Gasteiger partial charge in [0, 0.05) is 17.2 Å². The highest BCUT2D eigenvalue weighted by Gasteiger charge is 2.12. The summed E-state index contributed by atoms with van der Waals surface area (Å²) in [6.45, 7) is 6.12. The molecule has 1 rings (SSSR count). The van der Waals surface area contributed by atoms with E-state index in [1.807, 2.05) is 6.92 Å². The maximum atomic E-state index is 11.9. The highest BCUT2D eigenvalue weighted by atomic mass is 32.1. The van der Waals surface area contributed by atoms with Crippen LogP contribution in [0.5, 0.6) is 0 Å². The molecule has 0 fully saturated rings. The minimum atomic E-state index is -0.0932. The van der Waals surface area contributed by atoms with Crippen LogP contribution < -0.4 is 11.1 Å². The molecular formula is C13H18N2OS. The Morgan fingerprint density at radius 2 is 1.88 bits per heavy atom. The highest BCUT2D eigenvalue weighted by Crippen LogP contribution is 2.07. The van der Waals surface area contributed by atoms with Crippen LogP contribution in [-0.4, -0.2) is 16.9 Å². The topological polar surface area (TPSA) is 55.1 Å². The van der Waals surface area contributed by atoms with Gasteiger partial charge < -0.3 is 11.1 Å². The molecule has 3 nitrogen and oxygen atoms in total. The summed E-state index contributed by atoms with van der Waals surface area (Å²) < 4.78 is 0. The van der Waals surface area contributed by atoms with Gasteiger partial charge in [-0.25, -0.2) is 0 Å². The molecular weight excluding hydrogens is 232 g/mol. The standard InChI is InChI=1S/C13H18N2OS/c1-8(2)9(3)15-13(16)11-6-4-5-10(7-11)12(14)17/h4-9H,1-3H3,(H2,14,17)(H,15,16). The van der Waals surface area contributed by atoms with Crippen LogP contribution >= 0.6 is 12.2 Å². The smallest absolute Gasteiger partial charge is 0.251 e. The van der Waals surface area contributed by atoms with E-state index in [4.69, 9.17) is 18.0 Å². The molecule has 0 heterocycles. The van der Waals surface area contributed by atoms with Crippen LogP contribution in [0.3, 0.4) is 0 Å². The second-order valence-electron chi connectivity index (χ2n) is 4.45. The average molecular weight is 250 g/mol. The summed E-state index contributed by atoms with van der Waals surface area (Å²) in [5.74, 6) is 0.307. The largest absolute Gasteiger partial charge is 0.389 e. The molecule has 0 radical (unpaired) electrons. The van der Waals surface area contributed by atoms with Gasteiger partial charge in [-0.05, 0) is 25.0 Å². The number of amides is 1. The van der Waals surface area contributed by atoms with Crippen molar-refractivity contribution >= 4 is 23.1 Å². The molecule has 1 amide bonds. The van der Waals surface area contributed by atoms with E-state index in [1.165, 1.54) is 0 Å². The van der Waals surface area contributed by atoms with Gasteiger partial charge in [0.1, 0.15) is 4.99 Å². The molecule has 0 spiro atoms. The van der Waals surface area contributed by atoms with Crippen LogP contribution in [0.1, 0.15) is 36.7 Å². The Labute approximate surface area is 107 Å². The molecule has 0 saturated heterocycles. The molecule has 1 unspecified atom stereocenters.